The Labute approximate surface area is 180 Å². The van der Waals surface area contributed by atoms with Crippen molar-refractivity contribution in [1.29, 1.82) is 0 Å². The number of nitrogens with zero attached hydrogens (tertiary/aromatic N) is 1. The predicted octanol–water partition coefficient (Wildman–Crippen LogP) is 5.00. The Balaban J connectivity index is 1.51. The quantitative estimate of drug-likeness (QED) is 0.327. The maximum absolute atomic E-state index is 12.5. The van der Waals surface area contributed by atoms with E-state index in [1.165, 1.54) is 17.0 Å². The van der Waals surface area contributed by atoms with Gasteiger partial charge in [-0.1, -0.05) is 30.0 Å². The van der Waals surface area contributed by atoms with Crippen molar-refractivity contribution in [1.82, 2.24) is 4.83 Å². The molecule has 1 heterocycles. The minimum Gasteiger partial charge on any atom is -0.494 e. The average Bonchev–Trinajstić information content (AvgIpc) is 2.76. The van der Waals surface area contributed by atoms with Gasteiger partial charge in [0.15, 0.2) is 0 Å². The molecule has 0 unspecified atom stereocenters. The van der Waals surface area contributed by atoms with Gasteiger partial charge in [-0.05, 0) is 67.9 Å². The van der Waals surface area contributed by atoms with Gasteiger partial charge < -0.3 is 10.1 Å². The maximum Gasteiger partial charge on any atom is 0.276 e. The molecule has 0 amide bonds. The third-order valence-corrected chi connectivity index (χ3v) is 6.93. The second kappa shape index (κ2) is 8.41. The van der Waals surface area contributed by atoms with Crippen molar-refractivity contribution in [3.05, 3.63) is 72.3 Å². The zero-order valence-electron chi connectivity index (χ0n) is 16.5. The molecule has 0 radical (unpaired) electrons. The summed E-state index contributed by atoms with van der Waals surface area (Å²) < 4.78 is 30.4. The Morgan fingerprint density at radius 1 is 1.03 bits per heavy atom. The Hall–Kier alpha value is -2.97. The molecule has 0 spiro atoms. The Morgan fingerprint density at radius 2 is 1.77 bits per heavy atom. The minimum atomic E-state index is -3.77. The summed E-state index contributed by atoms with van der Waals surface area (Å²) in [6.45, 7) is 4.16. The molecule has 30 heavy (non-hydrogen) atoms. The number of ether oxygens (including phenoxy) is 1. The molecule has 3 aromatic carbocycles. The highest BCUT2D eigenvalue weighted by Gasteiger charge is 2.17. The average molecular weight is 440 g/mol. The van der Waals surface area contributed by atoms with Crippen LogP contribution in [0, 0.1) is 0 Å². The predicted molar refractivity (Wildman–Crippen MR) is 120 cm³/mol. The van der Waals surface area contributed by atoms with Gasteiger partial charge in [-0.3, -0.25) is 0 Å². The fraction of sp³-hybridized carbons (Fsp3) is 0.136. The van der Waals surface area contributed by atoms with E-state index in [-0.39, 0.29) is 4.90 Å². The molecule has 1 aliphatic rings. The SMILES string of the molecule is CCOc1ccc(S(=O)(=O)N/N=C(\C)c2ccc3c(c2)Nc2ccccc2S3)cc1. The van der Waals surface area contributed by atoms with Crippen molar-refractivity contribution in [2.45, 2.75) is 28.5 Å². The monoisotopic (exact) mass is 439 g/mol. The number of anilines is 2. The second-order valence-corrected chi connectivity index (χ2v) is 9.38. The smallest absolute Gasteiger partial charge is 0.276 e. The van der Waals surface area contributed by atoms with Crippen molar-refractivity contribution < 1.29 is 13.2 Å². The van der Waals surface area contributed by atoms with E-state index < -0.39 is 10.0 Å². The van der Waals surface area contributed by atoms with Crippen LogP contribution in [0.3, 0.4) is 0 Å². The second-order valence-electron chi connectivity index (χ2n) is 6.63. The summed E-state index contributed by atoms with van der Waals surface area (Å²) in [6.07, 6.45) is 0. The molecule has 2 N–H and O–H groups in total. The summed E-state index contributed by atoms with van der Waals surface area (Å²) in [4.78, 5) is 4.73. The normalized spacial score (nSPS) is 13.1. The zero-order chi connectivity index (χ0) is 21.1. The van der Waals surface area contributed by atoms with Crippen LogP contribution in [0.4, 0.5) is 11.4 Å². The summed E-state index contributed by atoms with van der Waals surface area (Å²) in [6, 6.07) is 20.3. The third-order valence-electron chi connectivity index (χ3n) is 4.55. The molecule has 0 aliphatic carbocycles. The first kappa shape index (κ1) is 20.3. The van der Waals surface area contributed by atoms with Crippen LogP contribution < -0.4 is 14.9 Å². The van der Waals surface area contributed by atoms with E-state index in [4.69, 9.17) is 4.74 Å². The highest BCUT2D eigenvalue weighted by molar-refractivity contribution is 7.99. The topological polar surface area (TPSA) is 79.8 Å². The van der Waals surface area contributed by atoms with Crippen LogP contribution in [-0.4, -0.2) is 20.7 Å². The zero-order valence-corrected chi connectivity index (χ0v) is 18.2. The summed E-state index contributed by atoms with van der Waals surface area (Å²) in [5, 5.41) is 7.53. The number of benzene rings is 3. The summed E-state index contributed by atoms with van der Waals surface area (Å²) in [5.74, 6) is 0.622. The number of fused-ring (bicyclic) bond motifs is 2. The van der Waals surface area contributed by atoms with Gasteiger partial charge in [-0.25, -0.2) is 0 Å². The van der Waals surface area contributed by atoms with Crippen molar-refractivity contribution in [3.63, 3.8) is 0 Å². The molecule has 0 aromatic heterocycles. The van der Waals surface area contributed by atoms with Gasteiger partial charge in [0.05, 0.1) is 28.6 Å². The van der Waals surface area contributed by atoms with Crippen LogP contribution in [0.5, 0.6) is 5.75 Å². The number of rotatable bonds is 6. The van der Waals surface area contributed by atoms with Crippen LogP contribution in [0.1, 0.15) is 19.4 Å². The molecule has 8 heteroatoms. The summed E-state index contributed by atoms with van der Waals surface area (Å²) in [7, 11) is -3.77. The minimum absolute atomic E-state index is 0.127. The number of nitrogens with one attached hydrogen (secondary N) is 2. The van der Waals surface area contributed by atoms with E-state index in [1.807, 2.05) is 43.3 Å². The number of sulfonamides is 1. The van der Waals surface area contributed by atoms with Crippen LogP contribution >= 0.6 is 11.8 Å². The molecule has 1 aliphatic heterocycles. The van der Waals surface area contributed by atoms with E-state index in [0.29, 0.717) is 18.1 Å². The molecule has 0 fully saturated rings. The van der Waals surface area contributed by atoms with Gasteiger partial charge in [0, 0.05) is 9.79 Å². The Morgan fingerprint density at radius 3 is 2.53 bits per heavy atom. The van der Waals surface area contributed by atoms with Crippen molar-refractivity contribution in [2.24, 2.45) is 5.10 Å². The van der Waals surface area contributed by atoms with Crippen molar-refractivity contribution in [2.75, 3.05) is 11.9 Å². The van der Waals surface area contributed by atoms with E-state index in [1.54, 1.807) is 30.8 Å². The highest BCUT2D eigenvalue weighted by Crippen LogP contribution is 2.44. The third kappa shape index (κ3) is 4.29. The highest BCUT2D eigenvalue weighted by atomic mass is 32.2. The van der Waals surface area contributed by atoms with Crippen molar-refractivity contribution in [3.8, 4) is 5.75 Å². The number of hydrazone groups is 1. The van der Waals surface area contributed by atoms with E-state index in [9.17, 15) is 8.42 Å². The van der Waals surface area contributed by atoms with Gasteiger partial charge >= 0.3 is 0 Å². The van der Waals surface area contributed by atoms with E-state index in [0.717, 1.165) is 21.8 Å². The Kier molecular flexibility index (Phi) is 5.69. The van der Waals surface area contributed by atoms with Crippen molar-refractivity contribution >= 4 is 38.9 Å². The molecule has 0 saturated carbocycles. The van der Waals surface area contributed by atoms with Crippen LogP contribution in [0.2, 0.25) is 0 Å². The first-order valence-corrected chi connectivity index (χ1v) is 11.7. The largest absolute Gasteiger partial charge is 0.494 e. The molecule has 0 saturated heterocycles. The summed E-state index contributed by atoms with van der Waals surface area (Å²) in [5.41, 5.74) is 3.42. The number of para-hydroxylation sites is 1. The van der Waals surface area contributed by atoms with Crippen LogP contribution in [0.15, 0.2) is 86.5 Å². The lowest BCUT2D eigenvalue weighted by Crippen LogP contribution is -2.20. The van der Waals surface area contributed by atoms with Gasteiger partial charge in [-0.2, -0.15) is 18.4 Å². The molecule has 0 bridgehead atoms. The molecule has 4 rings (SSSR count). The summed E-state index contributed by atoms with van der Waals surface area (Å²) >= 11 is 1.70. The van der Waals surface area contributed by atoms with Crippen LogP contribution in [-0.2, 0) is 10.0 Å². The lowest BCUT2D eigenvalue weighted by atomic mass is 10.1. The van der Waals surface area contributed by atoms with Gasteiger partial charge in [-0.15, -0.1) is 0 Å². The standard InChI is InChI=1S/C22H21N3O3S2/c1-3-28-17-9-11-18(12-10-17)30(26,27)25-24-15(2)16-8-13-22-20(14-16)23-19-6-4-5-7-21(19)29-22/h4-14,23,25H,3H2,1-2H3/b24-15+. The van der Waals surface area contributed by atoms with Gasteiger partial charge in [0.2, 0.25) is 0 Å². The molecule has 3 aromatic rings. The number of hydrogen-bond acceptors (Lipinski definition) is 6. The number of hydrogen-bond donors (Lipinski definition) is 2. The molecular weight excluding hydrogens is 418 g/mol. The lowest BCUT2D eigenvalue weighted by Gasteiger charge is -2.21. The fourth-order valence-electron chi connectivity index (χ4n) is 2.99. The molecule has 6 nitrogen and oxygen atoms in total. The van der Waals surface area contributed by atoms with Gasteiger partial charge in [0.25, 0.3) is 10.0 Å². The van der Waals surface area contributed by atoms with E-state index in [2.05, 4.69) is 21.3 Å². The molecule has 154 valence electrons. The first-order valence-electron chi connectivity index (χ1n) is 9.43. The maximum atomic E-state index is 12.5. The molecule has 0 atom stereocenters. The lowest BCUT2D eigenvalue weighted by molar-refractivity contribution is 0.340. The van der Waals surface area contributed by atoms with E-state index >= 15 is 0 Å². The van der Waals surface area contributed by atoms with Gasteiger partial charge in [0.1, 0.15) is 5.75 Å². The molecular formula is C22H21N3O3S2. The fourth-order valence-corrected chi connectivity index (χ4v) is 4.82. The first-order chi connectivity index (χ1) is 14.5. The Bertz CT molecular complexity index is 1210. The van der Waals surface area contributed by atoms with Crippen LogP contribution in [0.25, 0.3) is 0 Å².